The molecule has 1 amide bonds. The lowest BCUT2D eigenvalue weighted by Gasteiger charge is -2.08. The van der Waals surface area contributed by atoms with Crippen LogP contribution in [0.25, 0.3) is 0 Å². The molecule has 1 aromatic heterocycles. The number of esters is 1. The van der Waals surface area contributed by atoms with E-state index in [0.29, 0.717) is 17.9 Å². The van der Waals surface area contributed by atoms with E-state index in [2.05, 4.69) is 15.6 Å². The molecule has 0 atom stereocenters. The minimum absolute atomic E-state index is 0.143. The molecule has 2 rings (SSSR count). The first kappa shape index (κ1) is 15.5. The van der Waals surface area contributed by atoms with Gasteiger partial charge >= 0.3 is 5.97 Å². The molecule has 0 spiro atoms. The summed E-state index contributed by atoms with van der Waals surface area (Å²) in [5.74, 6) is -0.555. The van der Waals surface area contributed by atoms with Crippen molar-refractivity contribution in [3.63, 3.8) is 0 Å². The molecule has 0 aliphatic rings. The molecule has 0 unspecified atom stereocenters. The van der Waals surface area contributed by atoms with E-state index in [-0.39, 0.29) is 18.4 Å². The van der Waals surface area contributed by atoms with Crippen molar-refractivity contribution in [1.82, 2.24) is 4.98 Å². The molecule has 1 heterocycles. The van der Waals surface area contributed by atoms with Gasteiger partial charge in [-0.1, -0.05) is 0 Å². The monoisotopic (exact) mass is 299 g/mol. The van der Waals surface area contributed by atoms with Gasteiger partial charge < -0.3 is 15.4 Å². The number of hydrogen-bond acceptors (Lipinski definition) is 5. The van der Waals surface area contributed by atoms with Gasteiger partial charge in [0, 0.05) is 23.8 Å². The Balaban J connectivity index is 1.85. The predicted molar refractivity (Wildman–Crippen MR) is 83.8 cm³/mol. The van der Waals surface area contributed by atoms with E-state index in [1.807, 2.05) is 0 Å². The fourth-order valence-corrected chi connectivity index (χ4v) is 1.76. The number of hydrogen-bond donors (Lipinski definition) is 2. The molecule has 0 radical (unpaired) electrons. The zero-order valence-electron chi connectivity index (χ0n) is 12.2. The maximum Gasteiger partial charge on any atom is 0.338 e. The lowest BCUT2D eigenvalue weighted by molar-refractivity contribution is -0.114. The number of ether oxygens (including phenoxy) is 1. The molecule has 0 bridgehead atoms. The molecule has 2 N–H and O–H groups in total. The highest BCUT2D eigenvalue weighted by atomic mass is 16.5. The van der Waals surface area contributed by atoms with E-state index in [0.717, 1.165) is 5.69 Å². The fourth-order valence-electron chi connectivity index (χ4n) is 1.76. The van der Waals surface area contributed by atoms with Crippen molar-refractivity contribution in [3.05, 3.63) is 54.4 Å². The second-order valence-corrected chi connectivity index (χ2v) is 4.44. The number of anilines is 2. The Kier molecular flexibility index (Phi) is 5.48. The molecule has 6 heteroatoms. The van der Waals surface area contributed by atoms with E-state index in [4.69, 9.17) is 4.74 Å². The summed E-state index contributed by atoms with van der Waals surface area (Å²) < 4.78 is 4.90. The Morgan fingerprint density at radius 3 is 2.36 bits per heavy atom. The van der Waals surface area contributed by atoms with Gasteiger partial charge in [-0.2, -0.15) is 0 Å². The van der Waals surface area contributed by atoms with Crippen molar-refractivity contribution in [2.24, 2.45) is 0 Å². The SMILES string of the molecule is CCOC(=O)c1ccc(NC(=O)CNc2ccncc2)cc1. The minimum atomic E-state index is -0.375. The number of aromatic nitrogens is 1. The maximum absolute atomic E-state index is 11.8. The summed E-state index contributed by atoms with van der Waals surface area (Å²) in [5, 5.41) is 5.73. The van der Waals surface area contributed by atoms with Crippen LogP contribution in [0.1, 0.15) is 17.3 Å². The van der Waals surface area contributed by atoms with Crippen molar-refractivity contribution in [1.29, 1.82) is 0 Å². The van der Waals surface area contributed by atoms with Crippen LogP contribution in [-0.2, 0) is 9.53 Å². The summed E-state index contributed by atoms with van der Waals surface area (Å²) in [6, 6.07) is 10.1. The van der Waals surface area contributed by atoms with Gasteiger partial charge in [0.1, 0.15) is 0 Å². The van der Waals surface area contributed by atoms with Crippen molar-refractivity contribution in [3.8, 4) is 0 Å². The third-order valence-electron chi connectivity index (χ3n) is 2.81. The summed E-state index contributed by atoms with van der Waals surface area (Å²) in [5.41, 5.74) is 1.90. The Morgan fingerprint density at radius 2 is 1.73 bits per heavy atom. The number of amides is 1. The summed E-state index contributed by atoms with van der Waals surface area (Å²) in [6.07, 6.45) is 3.29. The first-order chi connectivity index (χ1) is 10.7. The van der Waals surface area contributed by atoms with Gasteiger partial charge in [-0.3, -0.25) is 9.78 Å². The van der Waals surface area contributed by atoms with E-state index in [1.165, 1.54) is 0 Å². The predicted octanol–water partition coefficient (Wildman–Crippen LogP) is 2.31. The van der Waals surface area contributed by atoms with Gasteiger partial charge in [-0.25, -0.2) is 4.79 Å². The van der Waals surface area contributed by atoms with Crippen LogP contribution in [0.4, 0.5) is 11.4 Å². The Hall–Kier alpha value is -2.89. The molecule has 6 nitrogen and oxygen atoms in total. The average molecular weight is 299 g/mol. The van der Waals surface area contributed by atoms with Crippen LogP contribution in [0, 0.1) is 0 Å². The Morgan fingerprint density at radius 1 is 1.05 bits per heavy atom. The first-order valence-electron chi connectivity index (χ1n) is 6.90. The van der Waals surface area contributed by atoms with E-state index >= 15 is 0 Å². The van der Waals surface area contributed by atoms with Crippen molar-refractivity contribution < 1.29 is 14.3 Å². The summed E-state index contributed by atoms with van der Waals surface area (Å²) in [6.45, 7) is 2.23. The van der Waals surface area contributed by atoms with Gasteiger partial charge in [0.15, 0.2) is 0 Å². The van der Waals surface area contributed by atoms with Crippen molar-refractivity contribution >= 4 is 23.3 Å². The lowest BCUT2D eigenvalue weighted by atomic mass is 10.2. The molecule has 0 saturated carbocycles. The van der Waals surface area contributed by atoms with Gasteiger partial charge in [0.2, 0.25) is 5.91 Å². The minimum Gasteiger partial charge on any atom is -0.462 e. The highest BCUT2D eigenvalue weighted by Gasteiger charge is 2.07. The maximum atomic E-state index is 11.8. The van der Waals surface area contributed by atoms with Crippen molar-refractivity contribution in [2.75, 3.05) is 23.8 Å². The van der Waals surface area contributed by atoms with E-state index < -0.39 is 0 Å². The number of nitrogens with zero attached hydrogens (tertiary/aromatic N) is 1. The second kappa shape index (κ2) is 7.78. The van der Waals surface area contributed by atoms with E-state index in [1.54, 1.807) is 55.7 Å². The normalized spacial score (nSPS) is 9.86. The molecule has 22 heavy (non-hydrogen) atoms. The number of nitrogens with one attached hydrogen (secondary N) is 2. The first-order valence-corrected chi connectivity index (χ1v) is 6.90. The van der Waals surface area contributed by atoms with Gasteiger partial charge in [0.05, 0.1) is 18.7 Å². The molecular formula is C16H17N3O3. The van der Waals surface area contributed by atoms with E-state index in [9.17, 15) is 9.59 Å². The van der Waals surface area contributed by atoms with Crippen LogP contribution < -0.4 is 10.6 Å². The number of pyridine rings is 1. The van der Waals surface area contributed by atoms with Crippen LogP contribution in [0.2, 0.25) is 0 Å². The third-order valence-corrected chi connectivity index (χ3v) is 2.81. The van der Waals surface area contributed by atoms with Gasteiger partial charge in [0.25, 0.3) is 0 Å². The lowest BCUT2D eigenvalue weighted by Crippen LogP contribution is -2.21. The molecule has 2 aromatic rings. The zero-order valence-corrected chi connectivity index (χ0v) is 12.2. The number of benzene rings is 1. The highest BCUT2D eigenvalue weighted by Crippen LogP contribution is 2.11. The van der Waals surface area contributed by atoms with Crippen molar-refractivity contribution in [2.45, 2.75) is 6.92 Å². The Bertz CT molecular complexity index is 627. The molecule has 114 valence electrons. The number of carbonyl (C=O) groups excluding carboxylic acids is 2. The summed E-state index contributed by atoms with van der Waals surface area (Å²) in [4.78, 5) is 27.2. The standard InChI is InChI=1S/C16H17N3O3/c1-2-22-16(21)12-3-5-14(6-4-12)19-15(20)11-18-13-7-9-17-10-8-13/h3-10H,2,11H2,1H3,(H,17,18)(H,19,20). The number of rotatable bonds is 6. The molecule has 0 aliphatic carbocycles. The summed E-state index contributed by atoms with van der Waals surface area (Å²) in [7, 11) is 0. The van der Waals surface area contributed by atoms with Gasteiger partial charge in [-0.05, 0) is 43.3 Å². The zero-order chi connectivity index (χ0) is 15.8. The Labute approximate surface area is 128 Å². The summed E-state index contributed by atoms with van der Waals surface area (Å²) >= 11 is 0. The highest BCUT2D eigenvalue weighted by molar-refractivity contribution is 5.95. The second-order valence-electron chi connectivity index (χ2n) is 4.44. The largest absolute Gasteiger partial charge is 0.462 e. The van der Waals surface area contributed by atoms with Crippen LogP contribution in [0.15, 0.2) is 48.8 Å². The van der Waals surface area contributed by atoms with Crippen LogP contribution in [0.3, 0.4) is 0 Å². The molecule has 1 aromatic carbocycles. The van der Waals surface area contributed by atoms with Crippen LogP contribution in [-0.4, -0.2) is 30.0 Å². The molecule has 0 aliphatic heterocycles. The third kappa shape index (κ3) is 4.59. The number of carbonyl (C=O) groups is 2. The molecule has 0 fully saturated rings. The smallest absolute Gasteiger partial charge is 0.338 e. The molecule has 0 saturated heterocycles. The fraction of sp³-hybridized carbons (Fsp3) is 0.188. The topological polar surface area (TPSA) is 80.3 Å². The van der Waals surface area contributed by atoms with Crippen LogP contribution in [0.5, 0.6) is 0 Å². The molecular weight excluding hydrogens is 282 g/mol. The quantitative estimate of drug-likeness (QED) is 0.800. The van der Waals surface area contributed by atoms with Gasteiger partial charge in [-0.15, -0.1) is 0 Å². The van der Waals surface area contributed by atoms with Crippen LogP contribution >= 0.6 is 0 Å². The average Bonchev–Trinajstić information content (AvgIpc) is 2.55.